The molecule has 3 rings (SSSR count). The summed E-state index contributed by atoms with van der Waals surface area (Å²) in [5.74, 6) is 0. The Morgan fingerprint density at radius 2 is 1.80 bits per heavy atom. The molecule has 2 aromatic rings. The standard InChI is InChI=1S/C18H20O2/c1-2-8-16(9-3-1)17-10-6-7-15(13-17)14-20-18-11-4-5-12-19-18/h1-3,6-10,13,18H,4-5,11-12,14H2. The second-order valence-corrected chi connectivity index (χ2v) is 5.17. The van der Waals surface area contributed by atoms with E-state index in [4.69, 9.17) is 9.47 Å². The van der Waals surface area contributed by atoms with Gasteiger partial charge in [0.25, 0.3) is 0 Å². The molecule has 1 saturated heterocycles. The molecule has 20 heavy (non-hydrogen) atoms. The molecule has 1 fully saturated rings. The highest BCUT2D eigenvalue weighted by atomic mass is 16.7. The molecular formula is C18H20O2. The summed E-state index contributed by atoms with van der Waals surface area (Å²) in [6.07, 6.45) is 3.35. The second kappa shape index (κ2) is 6.69. The lowest BCUT2D eigenvalue weighted by atomic mass is 10.0. The SMILES string of the molecule is c1ccc(-c2cccc(COC3CCCCO3)c2)cc1. The van der Waals surface area contributed by atoms with E-state index in [2.05, 4.69) is 48.5 Å². The van der Waals surface area contributed by atoms with E-state index in [-0.39, 0.29) is 6.29 Å². The highest BCUT2D eigenvalue weighted by Gasteiger charge is 2.13. The maximum absolute atomic E-state index is 5.84. The van der Waals surface area contributed by atoms with Crippen molar-refractivity contribution in [1.29, 1.82) is 0 Å². The van der Waals surface area contributed by atoms with E-state index >= 15 is 0 Å². The van der Waals surface area contributed by atoms with Crippen molar-refractivity contribution in [3.8, 4) is 11.1 Å². The van der Waals surface area contributed by atoms with Gasteiger partial charge < -0.3 is 9.47 Å². The van der Waals surface area contributed by atoms with Crippen molar-refractivity contribution >= 4 is 0 Å². The molecule has 0 amide bonds. The molecule has 1 aliphatic rings. The Bertz CT molecular complexity index is 530. The van der Waals surface area contributed by atoms with E-state index in [1.54, 1.807) is 0 Å². The number of hydrogen-bond acceptors (Lipinski definition) is 2. The average molecular weight is 268 g/mol. The molecule has 104 valence electrons. The lowest BCUT2D eigenvalue weighted by Crippen LogP contribution is -2.21. The molecule has 0 saturated carbocycles. The van der Waals surface area contributed by atoms with Gasteiger partial charge in [0.05, 0.1) is 6.61 Å². The maximum Gasteiger partial charge on any atom is 0.158 e. The molecule has 0 bridgehead atoms. The van der Waals surface area contributed by atoms with Gasteiger partial charge in [-0.25, -0.2) is 0 Å². The minimum absolute atomic E-state index is 0.0240. The fourth-order valence-corrected chi connectivity index (χ4v) is 2.50. The van der Waals surface area contributed by atoms with E-state index in [0.29, 0.717) is 6.61 Å². The van der Waals surface area contributed by atoms with Crippen LogP contribution in [0.5, 0.6) is 0 Å². The van der Waals surface area contributed by atoms with Crippen LogP contribution in [0.1, 0.15) is 24.8 Å². The third-order valence-corrected chi connectivity index (χ3v) is 3.61. The zero-order chi connectivity index (χ0) is 13.6. The lowest BCUT2D eigenvalue weighted by molar-refractivity contribution is -0.168. The van der Waals surface area contributed by atoms with Gasteiger partial charge in [0.2, 0.25) is 0 Å². The van der Waals surface area contributed by atoms with Crippen LogP contribution in [0.4, 0.5) is 0 Å². The smallest absolute Gasteiger partial charge is 0.158 e. The van der Waals surface area contributed by atoms with Crippen molar-refractivity contribution in [2.45, 2.75) is 32.2 Å². The molecule has 1 unspecified atom stereocenters. The first-order valence-electron chi connectivity index (χ1n) is 7.29. The Morgan fingerprint density at radius 3 is 2.60 bits per heavy atom. The van der Waals surface area contributed by atoms with Gasteiger partial charge in [-0.3, -0.25) is 0 Å². The lowest BCUT2D eigenvalue weighted by Gasteiger charge is -2.22. The van der Waals surface area contributed by atoms with Crippen LogP contribution in [0, 0.1) is 0 Å². The van der Waals surface area contributed by atoms with Gasteiger partial charge in [0.1, 0.15) is 0 Å². The molecule has 0 radical (unpaired) electrons. The van der Waals surface area contributed by atoms with Gasteiger partial charge in [-0.1, -0.05) is 48.5 Å². The zero-order valence-electron chi connectivity index (χ0n) is 11.6. The molecular weight excluding hydrogens is 248 g/mol. The van der Waals surface area contributed by atoms with Crippen LogP contribution in [0.15, 0.2) is 54.6 Å². The highest BCUT2D eigenvalue weighted by molar-refractivity contribution is 5.63. The van der Waals surface area contributed by atoms with Gasteiger partial charge in [0, 0.05) is 6.61 Å². The maximum atomic E-state index is 5.84. The van der Waals surface area contributed by atoms with Crippen LogP contribution in [0.2, 0.25) is 0 Å². The number of ether oxygens (including phenoxy) is 2. The Hall–Kier alpha value is -1.64. The van der Waals surface area contributed by atoms with Crippen LogP contribution < -0.4 is 0 Å². The number of rotatable bonds is 4. The average Bonchev–Trinajstić information content (AvgIpc) is 2.55. The first-order valence-corrected chi connectivity index (χ1v) is 7.29. The normalized spacial score (nSPS) is 18.9. The largest absolute Gasteiger partial charge is 0.353 e. The van der Waals surface area contributed by atoms with E-state index in [1.165, 1.54) is 23.1 Å². The van der Waals surface area contributed by atoms with Crippen LogP contribution in [-0.4, -0.2) is 12.9 Å². The molecule has 0 spiro atoms. The molecule has 0 N–H and O–H groups in total. The summed E-state index contributed by atoms with van der Waals surface area (Å²) >= 11 is 0. The molecule has 1 atom stereocenters. The predicted molar refractivity (Wildman–Crippen MR) is 80.3 cm³/mol. The highest BCUT2D eigenvalue weighted by Crippen LogP contribution is 2.21. The number of hydrogen-bond donors (Lipinski definition) is 0. The summed E-state index contributed by atoms with van der Waals surface area (Å²) in [5, 5.41) is 0. The third-order valence-electron chi connectivity index (χ3n) is 3.61. The minimum atomic E-state index is -0.0240. The molecule has 1 aliphatic heterocycles. The van der Waals surface area contributed by atoms with E-state index in [1.807, 2.05) is 6.07 Å². The quantitative estimate of drug-likeness (QED) is 0.818. The van der Waals surface area contributed by atoms with E-state index < -0.39 is 0 Å². The van der Waals surface area contributed by atoms with Crippen LogP contribution in [0.3, 0.4) is 0 Å². The molecule has 0 aromatic heterocycles. The summed E-state index contributed by atoms with van der Waals surface area (Å²) in [6.45, 7) is 1.44. The fourth-order valence-electron chi connectivity index (χ4n) is 2.50. The molecule has 2 nitrogen and oxygen atoms in total. The van der Waals surface area contributed by atoms with E-state index in [0.717, 1.165) is 19.4 Å². The van der Waals surface area contributed by atoms with Crippen molar-refractivity contribution in [2.24, 2.45) is 0 Å². The summed E-state index contributed by atoms with van der Waals surface area (Å²) in [6, 6.07) is 18.9. The summed E-state index contributed by atoms with van der Waals surface area (Å²) in [5.41, 5.74) is 3.67. The van der Waals surface area contributed by atoms with E-state index in [9.17, 15) is 0 Å². The fraction of sp³-hybridized carbons (Fsp3) is 0.333. The van der Waals surface area contributed by atoms with Gasteiger partial charge in [0.15, 0.2) is 6.29 Å². The van der Waals surface area contributed by atoms with Gasteiger partial charge >= 0.3 is 0 Å². The van der Waals surface area contributed by atoms with Crippen molar-refractivity contribution in [2.75, 3.05) is 6.61 Å². The first kappa shape index (κ1) is 13.3. The third kappa shape index (κ3) is 3.47. The van der Waals surface area contributed by atoms with Crippen LogP contribution >= 0.6 is 0 Å². The second-order valence-electron chi connectivity index (χ2n) is 5.17. The zero-order valence-corrected chi connectivity index (χ0v) is 11.6. The number of benzene rings is 2. The van der Waals surface area contributed by atoms with Gasteiger partial charge in [-0.2, -0.15) is 0 Å². The molecule has 0 aliphatic carbocycles. The predicted octanol–water partition coefficient (Wildman–Crippen LogP) is 4.40. The van der Waals surface area contributed by atoms with Crippen molar-refractivity contribution in [3.05, 3.63) is 60.2 Å². The molecule has 2 heteroatoms. The summed E-state index contributed by atoms with van der Waals surface area (Å²) in [7, 11) is 0. The van der Waals surface area contributed by atoms with Crippen molar-refractivity contribution < 1.29 is 9.47 Å². The van der Waals surface area contributed by atoms with Crippen molar-refractivity contribution in [1.82, 2.24) is 0 Å². The topological polar surface area (TPSA) is 18.5 Å². The van der Waals surface area contributed by atoms with Crippen LogP contribution in [0.25, 0.3) is 11.1 Å². The van der Waals surface area contributed by atoms with Gasteiger partial charge in [-0.05, 0) is 42.0 Å². The van der Waals surface area contributed by atoms with Crippen LogP contribution in [-0.2, 0) is 16.1 Å². The minimum Gasteiger partial charge on any atom is -0.353 e. The molecule has 1 heterocycles. The summed E-state index contributed by atoms with van der Waals surface area (Å²) in [4.78, 5) is 0. The monoisotopic (exact) mass is 268 g/mol. The Balaban J connectivity index is 1.65. The van der Waals surface area contributed by atoms with Gasteiger partial charge in [-0.15, -0.1) is 0 Å². The molecule has 2 aromatic carbocycles. The Labute approximate surface area is 120 Å². The Kier molecular flexibility index (Phi) is 4.46. The first-order chi connectivity index (χ1) is 9.92. The van der Waals surface area contributed by atoms with Crippen molar-refractivity contribution in [3.63, 3.8) is 0 Å². The Morgan fingerprint density at radius 1 is 0.950 bits per heavy atom. The summed E-state index contributed by atoms with van der Waals surface area (Å²) < 4.78 is 11.4.